The van der Waals surface area contributed by atoms with E-state index in [1.165, 1.54) is 45.3 Å². The minimum absolute atomic E-state index is 0. The topological polar surface area (TPSA) is 65.7 Å². The summed E-state index contributed by atoms with van der Waals surface area (Å²) >= 11 is 0. The first kappa shape index (κ1) is 24.2. The summed E-state index contributed by atoms with van der Waals surface area (Å²) < 4.78 is 5.46. The van der Waals surface area contributed by atoms with Crippen molar-refractivity contribution in [3.63, 3.8) is 0 Å². The monoisotopic (exact) mass is 491 g/mol. The molecule has 7 heteroatoms. The van der Waals surface area contributed by atoms with Crippen LogP contribution in [0.2, 0.25) is 0 Å². The van der Waals surface area contributed by atoms with E-state index in [1.807, 2.05) is 0 Å². The first-order valence-corrected chi connectivity index (χ1v) is 10.4. The van der Waals surface area contributed by atoms with E-state index in [-0.39, 0.29) is 24.0 Å². The predicted molar refractivity (Wildman–Crippen MR) is 123 cm³/mol. The highest BCUT2D eigenvalue weighted by Gasteiger charge is 2.13. The zero-order valence-electron chi connectivity index (χ0n) is 17.3. The molecule has 2 N–H and O–H groups in total. The Morgan fingerprint density at radius 3 is 2.52 bits per heavy atom. The van der Waals surface area contributed by atoms with Crippen LogP contribution in [0.5, 0.6) is 0 Å². The molecule has 1 aliphatic heterocycles. The van der Waals surface area contributed by atoms with Crippen LogP contribution >= 0.6 is 24.0 Å². The van der Waals surface area contributed by atoms with E-state index in [1.54, 1.807) is 7.05 Å². The fourth-order valence-corrected chi connectivity index (χ4v) is 3.57. The molecule has 0 saturated carbocycles. The van der Waals surface area contributed by atoms with E-state index in [0.29, 0.717) is 12.5 Å². The molecule has 0 aromatic carbocycles. The number of hydrogen-bond donors (Lipinski definition) is 2. The molecule has 0 bridgehead atoms. The highest BCUT2D eigenvalue weighted by Crippen LogP contribution is 2.22. The third-order valence-electron chi connectivity index (χ3n) is 5.28. The molecular weight excluding hydrogens is 453 g/mol. The van der Waals surface area contributed by atoms with Crippen molar-refractivity contribution in [2.45, 2.75) is 71.3 Å². The van der Waals surface area contributed by atoms with E-state index in [9.17, 15) is 0 Å². The van der Waals surface area contributed by atoms with Gasteiger partial charge in [0.25, 0.3) is 0 Å². The molecule has 6 nitrogen and oxygen atoms in total. The maximum atomic E-state index is 5.46. The molecule has 1 aliphatic rings. The predicted octanol–water partition coefficient (Wildman–Crippen LogP) is 4.13. The smallest absolute Gasteiger partial charge is 0.191 e. The van der Waals surface area contributed by atoms with Crippen molar-refractivity contribution in [2.75, 3.05) is 33.2 Å². The quantitative estimate of drug-likeness (QED) is 0.236. The van der Waals surface area contributed by atoms with Gasteiger partial charge in [-0.15, -0.1) is 24.0 Å². The molecular formula is C20H38IN5O. The third-order valence-corrected chi connectivity index (χ3v) is 5.28. The lowest BCUT2D eigenvalue weighted by Crippen LogP contribution is -2.38. The Hall–Kier alpha value is -0.830. The largest absolute Gasteiger partial charge is 0.359 e. The molecule has 1 aromatic rings. The zero-order chi connectivity index (χ0) is 18.6. The van der Waals surface area contributed by atoms with Gasteiger partial charge in [-0.3, -0.25) is 4.99 Å². The van der Waals surface area contributed by atoms with Crippen LogP contribution in [0.4, 0.5) is 0 Å². The summed E-state index contributed by atoms with van der Waals surface area (Å²) in [4.78, 5) is 6.89. The highest BCUT2D eigenvalue weighted by atomic mass is 127. The summed E-state index contributed by atoms with van der Waals surface area (Å²) in [5.74, 6) is 2.17. The van der Waals surface area contributed by atoms with Crippen LogP contribution in [-0.4, -0.2) is 49.2 Å². The average molecular weight is 491 g/mol. The van der Waals surface area contributed by atoms with Crippen molar-refractivity contribution >= 4 is 29.9 Å². The molecule has 2 heterocycles. The fourth-order valence-electron chi connectivity index (χ4n) is 3.57. The van der Waals surface area contributed by atoms with Gasteiger partial charge in [0.05, 0.1) is 12.2 Å². The van der Waals surface area contributed by atoms with Crippen molar-refractivity contribution in [1.82, 2.24) is 20.7 Å². The highest BCUT2D eigenvalue weighted by molar-refractivity contribution is 14.0. The van der Waals surface area contributed by atoms with E-state index in [2.05, 4.69) is 45.6 Å². The van der Waals surface area contributed by atoms with Gasteiger partial charge in [0.1, 0.15) is 0 Å². The molecule has 0 spiro atoms. The van der Waals surface area contributed by atoms with E-state index in [0.717, 1.165) is 43.2 Å². The molecule has 0 amide bonds. The maximum Gasteiger partial charge on any atom is 0.191 e. The lowest BCUT2D eigenvalue weighted by atomic mass is 9.99. The average Bonchev–Trinajstić information content (AvgIpc) is 2.97. The number of nitrogens with one attached hydrogen (secondary N) is 2. The Morgan fingerprint density at radius 2 is 1.89 bits per heavy atom. The van der Waals surface area contributed by atoms with Gasteiger partial charge in [-0.1, -0.05) is 31.8 Å². The third kappa shape index (κ3) is 8.81. The first-order chi connectivity index (χ1) is 12.8. The number of aromatic nitrogens is 1. The van der Waals surface area contributed by atoms with Gasteiger partial charge in [-0.2, -0.15) is 0 Å². The zero-order valence-corrected chi connectivity index (χ0v) is 19.6. The second kappa shape index (κ2) is 14.2. The number of nitrogens with zero attached hydrogens (tertiary/aromatic N) is 3. The Morgan fingerprint density at radius 1 is 1.19 bits per heavy atom. The van der Waals surface area contributed by atoms with Gasteiger partial charge in [-0.25, -0.2) is 0 Å². The van der Waals surface area contributed by atoms with Crippen LogP contribution in [0.1, 0.15) is 76.2 Å². The molecule has 1 fully saturated rings. The van der Waals surface area contributed by atoms with Gasteiger partial charge in [-0.05, 0) is 51.7 Å². The normalized spacial score (nSPS) is 16.1. The van der Waals surface area contributed by atoms with E-state index >= 15 is 0 Å². The Labute approximate surface area is 181 Å². The number of likely N-dealkylation sites (tertiary alicyclic amines) is 1. The fraction of sp³-hybridized carbons (Fsp3) is 0.800. The van der Waals surface area contributed by atoms with Gasteiger partial charge in [0.15, 0.2) is 11.7 Å². The maximum absolute atomic E-state index is 5.46. The SMILES string of the molecule is CCC(CC)c1cc(CNC(=NC)NCCCN2CCCCCC2)on1.I. The van der Waals surface area contributed by atoms with Crippen LogP contribution in [-0.2, 0) is 6.54 Å². The summed E-state index contributed by atoms with van der Waals surface area (Å²) in [6.07, 6.45) is 8.82. The van der Waals surface area contributed by atoms with Gasteiger partial charge < -0.3 is 20.1 Å². The summed E-state index contributed by atoms with van der Waals surface area (Å²) in [5, 5.41) is 10.9. The van der Waals surface area contributed by atoms with Crippen LogP contribution in [0.3, 0.4) is 0 Å². The lowest BCUT2D eigenvalue weighted by molar-refractivity contribution is 0.282. The second-order valence-corrected chi connectivity index (χ2v) is 7.19. The number of guanidine groups is 1. The summed E-state index contributed by atoms with van der Waals surface area (Å²) in [5.41, 5.74) is 1.06. The number of hydrogen-bond acceptors (Lipinski definition) is 4. The minimum Gasteiger partial charge on any atom is -0.359 e. The summed E-state index contributed by atoms with van der Waals surface area (Å²) in [6, 6.07) is 2.07. The van der Waals surface area contributed by atoms with Crippen molar-refractivity contribution in [3.05, 3.63) is 17.5 Å². The van der Waals surface area contributed by atoms with Crippen molar-refractivity contribution < 1.29 is 4.52 Å². The molecule has 0 aliphatic carbocycles. The molecule has 1 saturated heterocycles. The Balaban J connectivity index is 0.00000364. The van der Waals surface area contributed by atoms with Gasteiger partial charge >= 0.3 is 0 Å². The number of aliphatic imine (C=N–C) groups is 1. The van der Waals surface area contributed by atoms with Crippen LogP contribution < -0.4 is 10.6 Å². The molecule has 0 radical (unpaired) electrons. The van der Waals surface area contributed by atoms with Gasteiger partial charge in [0, 0.05) is 25.6 Å². The van der Waals surface area contributed by atoms with E-state index < -0.39 is 0 Å². The van der Waals surface area contributed by atoms with Crippen LogP contribution in [0.15, 0.2) is 15.6 Å². The first-order valence-electron chi connectivity index (χ1n) is 10.4. The second-order valence-electron chi connectivity index (χ2n) is 7.19. The Kier molecular flexibility index (Phi) is 12.7. The minimum atomic E-state index is 0. The number of rotatable bonds is 9. The van der Waals surface area contributed by atoms with Crippen molar-refractivity contribution in [2.24, 2.45) is 4.99 Å². The Bertz CT molecular complexity index is 522. The van der Waals surface area contributed by atoms with Crippen molar-refractivity contribution in [1.29, 1.82) is 0 Å². The van der Waals surface area contributed by atoms with Crippen LogP contribution in [0, 0.1) is 0 Å². The summed E-state index contributed by atoms with van der Waals surface area (Å²) in [6.45, 7) is 9.63. The molecule has 1 aromatic heterocycles. The molecule has 0 atom stereocenters. The van der Waals surface area contributed by atoms with E-state index in [4.69, 9.17) is 4.52 Å². The summed E-state index contributed by atoms with van der Waals surface area (Å²) in [7, 11) is 1.81. The molecule has 2 rings (SSSR count). The van der Waals surface area contributed by atoms with Crippen LogP contribution in [0.25, 0.3) is 0 Å². The molecule has 0 unspecified atom stereocenters. The van der Waals surface area contributed by atoms with Crippen molar-refractivity contribution in [3.8, 4) is 0 Å². The molecule has 156 valence electrons. The lowest BCUT2D eigenvalue weighted by Gasteiger charge is -2.20. The standard InChI is InChI=1S/C20H37N5O.HI/c1-4-17(5-2)19-15-18(26-24-19)16-23-20(21-3)22-11-10-14-25-12-8-6-7-9-13-25;/h15,17H,4-14,16H2,1-3H3,(H2,21,22,23);1H. The number of halogens is 1. The van der Waals surface area contributed by atoms with Gasteiger partial charge in [0.2, 0.25) is 0 Å². The molecule has 27 heavy (non-hydrogen) atoms.